The normalized spacial score (nSPS) is 14.5. The SMILES string of the molecule is COc1cc2ncnc(Nc3ccc(F)c(Cl)c3)c2cc1NC(=O)/C=C/CN1CCN(C)C(=O)C1. The highest BCUT2D eigenvalue weighted by molar-refractivity contribution is 6.31. The maximum absolute atomic E-state index is 13.5. The molecule has 1 aliphatic heterocycles. The average molecular weight is 499 g/mol. The van der Waals surface area contributed by atoms with Crippen LogP contribution in [0.15, 0.2) is 48.8 Å². The number of hydrogen-bond donors (Lipinski definition) is 2. The van der Waals surface area contributed by atoms with Gasteiger partial charge in [-0.2, -0.15) is 0 Å². The number of amides is 2. The molecule has 0 unspecified atom stereocenters. The summed E-state index contributed by atoms with van der Waals surface area (Å²) in [7, 11) is 3.28. The van der Waals surface area contributed by atoms with E-state index in [-0.39, 0.29) is 16.8 Å². The van der Waals surface area contributed by atoms with Gasteiger partial charge in [0.2, 0.25) is 11.8 Å². The minimum atomic E-state index is -0.522. The number of methoxy groups -OCH3 is 1. The number of hydrogen-bond acceptors (Lipinski definition) is 7. The number of benzene rings is 2. The number of carbonyl (C=O) groups is 2. The Kier molecular flexibility index (Phi) is 7.42. The third kappa shape index (κ3) is 5.84. The summed E-state index contributed by atoms with van der Waals surface area (Å²) in [5.74, 6) is 0.0700. The van der Waals surface area contributed by atoms with Crippen LogP contribution in [0.25, 0.3) is 10.9 Å². The second-order valence-corrected chi connectivity index (χ2v) is 8.40. The number of carbonyl (C=O) groups excluding carboxylic acids is 2. The van der Waals surface area contributed by atoms with E-state index in [1.54, 1.807) is 36.2 Å². The van der Waals surface area contributed by atoms with E-state index in [9.17, 15) is 14.0 Å². The Hall–Kier alpha value is -3.76. The van der Waals surface area contributed by atoms with Gasteiger partial charge in [-0.25, -0.2) is 14.4 Å². The van der Waals surface area contributed by atoms with Crippen LogP contribution in [0.4, 0.5) is 21.6 Å². The Labute approximate surface area is 206 Å². The molecule has 4 rings (SSSR count). The number of nitrogens with one attached hydrogen (secondary N) is 2. The van der Waals surface area contributed by atoms with Crippen LogP contribution in [0.2, 0.25) is 5.02 Å². The fourth-order valence-electron chi connectivity index (χ4n) is 3.61. The lowest BCUT2D eigenvalue weighted by Gasteiger charge is -2.31. The lowest BCUT2D eigenvalue weighted by Crippen LogP contribution is -2.48. The standard InChI is InChI=1S/C24H24ClFN6O3/c1-31-8-9-32(13-23(31)34)7-3-4-22(33)30-20-11-16-19(12-21(20)35-2)27-14-28-24(16)29-15-5-6-18(26)17(25)10-15/h3-6,10-12,14H,7-9,13H2,1-2H3,(H,30,33)(H,27,28,29)/b4-3+. The monoisotopic (exact) mass is 498 g/mol. The molecule has 1 aromatic heterocycles. The molecule has 2 heterocycles. The van der Waals surface area contributed by atoms with Crippen molar-refractivity contribution in [3.8, 4) is 5.75 Å². The van der Waals surface area contributed by atoms with E-state index >= 15 is 0 Å². The summed E-state index contributed by atoms with van der Waals surface area (Å²) in [5, 5.41) is 6.52. The predicted molar refractivity (Wildman–Crippen MR) is 133 cm³/mol. The van der Waals surface area contributed by atoms with E-state index in [2.05, 4.69) is 20.6 Å². The molecule has 3 aromatic rings. The molecule has 35 heavy (non-hydrogen) atoms. The second-order valence-electron chi connectivity index (χ2n) is 7.99. The summed E-state index contributed by atoms with van der Waals surface area (Å²) in [4.78, 5) is 36.6. The van der Waals surface area contributed by atoms with E-state index in [1.165, 1.54) is 31.6 Å². The minimum absolute atomic E-state index is 0.0179. The number of ether oxygens (including phenoxy) is 1. The topological polar surface area (TPSA) is 99.7 Å². The van der Waals surface area contributed by atoms with Crippen molar-refractivity contribution in [2.75, 3.05) is 51.0 Å². The summed E-state index contributed by atoms with van der Waals surface area (Å²) in [6.07, 6.45) is 4.53. The number of rotatable bonds is 7. The Morgan fingerprint density at radius 2 is 2.09 bits per heavy atom. The van der Waals surface area contributed by atoms with Crippen molar-refractivity contribution < 1.29 is 18.7 Å². The predicted octanol–water partition coefficient (Wildman–Crippen LogP) is 3.44. The smallest absolute Gasteiger partial charge is 0.248 e. The van der Waals surface area contributed by atoms with Crippen LogP contribution in [0, 0.1) is 5.82 Å². The van der Waals surface area contributed by atoms with Crippen molar-refractivity contribution in [3.63, 3.8) is 0 Å². The third-order valence-electron chi connectivity index (χ3n) is 5.57. The lowest BCUT2D eigenvalue weighted by molar-refractivity contribution is -0.134. The maximum Gasteiger partial charge on any atom is 0.248 e. The van der Waals surface area contributed by atoms with Gasteiger partial charge in [-0.05, 0) is 24.3 Å². The van der Waals surface area contributed by atoms with Crippen LogP contribution < -0.4 is 15.4 Å². The van der Waals surface area contributed by atoms with Gasteiger partial charge in [0.25, 0.3) is 0 Å². The van der Waals surface area contributed by atoms with Crippen LogP contribution in [0.1, 0.15) is 0 Å². The molecule has 0 saturated carbocycles. The van der Waals surface area contributed by atoms with Gasteiger partial charge in [0.05, 0.1) is 29.9 Å². The molecule has 0 bridgehead atoms. The van der Waals surface area contributed by atoms with Gasteiger partial charge in [-0.1, -0.05) is 17.7 Å². The number of anilines is 3. The first-order chi connectivity index (χ1) is 16.8. The van der Waals surface area contributed by atoms with Gasteiger partial charge in [0.15, 0.2) is 0 Å². The highest BCUT2D eigenvalue weighted by Crippen LogP contribution is 2.33. The summed E-state index contributed by atoms with van der Waals surface area (Å²) < 4.78 is 18.9. The van der Waals surface area contributed by atoms with E-state index in [0.29, 0.717) is 53.5 Å². The minimum Gasteiger partial charge on any atom is -0.494 e. The fourth-order valence-corrected chi connectivity index (χ4v) is 3.79. The summed E-state index contributed by atoms with van der Waals surface area (Å²) >= 11 is 5.89. The van der Waals surface area contributed by atoms with Crippen molar-refractivity contribution in [1.29, 1.82) is 0 Å². The Morgan fingerprint density at radius 3 is 2.83 bits per heavy atom. The maximum atomic E-state index is 13.5. The quantitative estimate of drug-likeness (QED) is 0.481. The van der Waals surface area contributed by atoms with Crippen LogP contribution >= 0.6 is 11.6 Å². The van der Waals surface area contributed by atoms with Crippen LogP contribution in [-0.4, -0.2) is 71.9 Å². The Balaban J connectivity index is 1.51. The highest BCUT2D eigenvalue weighted by Gasteiger charge is 2.19. The molecule has 2 aromatic carbocycles. The van der Waals surface area contributed by atoms with Crippen molar-refractivity contribution in [1.82, 2.24) is 19.8 Å². The molecule has 9 nitrogen and oxygen atoms in total. The van der Waals surface area contributed by atoms with Gasteiger partial charge < -0.3 is 20.3 Å². The molecule has 0 aliphatic carbocycles. The fraction of sp³-hybridized carbons (Fsp3) is 0.250. The van der Waals surface area contributed by atoms with Gasteiger partial charge in [-0.3, -0.25) is 14.5 Å². The zero-order valence-corrected chi connectivity index (χ0v) is 20.0. The summed E-state index contributed by atoms with van der Waals surface area (Å²) in [6.45, 7) is 2.23. The molecule has 1 saturated heterocycles. The van der Waals surface area contributed by atoms with E-state index in [4.69, 9.17) is 16.3 Å². The zero-order chi connectivity index (χ0) is 24.9. The van der Waals surface area contributed by atoms with Crippen molar-refractivity contribution in [3.05, 3.63) is 59.7 Å². The molecule has 0 atom stereocenters. The number of nitrogens with zero attached hydrogens (tertiary/aromatic N) is 4. The molecule has 0 radical (unpaired) electrons. The molecule has 182 valence electrons. The van der Waals surface area contributed by atoms with E-state index < -0.39 is 5.82 Å². The van der Waals surface area contributed by atoms with Crippen LogP contribution in [0.5, 0.6) is 5.75 Å². The summed E-state index contributed by atoms with van der Waals surface area (Å²) in [5.41, 5.74) is 1.56. The molecule has 2 N–H and O–H groups in total. The molecule has 1 fully saturated rings. The van der Waals surface area contributed by atoms with E-state index in [0.717, 1.165) is 6.54 Å². The molecular formula is C24H24ClFN6O3. The first-order valence-corrected chi connectivity index (χ1v) is 11.2. The first-order valence-electron chi connectivity index (χ1n) is 10.8. The van der Waals surface area contributed by atoms with Crippen LogP contribution in [-0.2, 0) is 9.59 Å². The van der Waals surface area contributed by atoms with Gasteiger partial charge in [-0.15, -0.1) is 0 Å². The Morgan fingerprint density at radius 1 is 1.26 bits per heavy atom. The third-order valence-corrected chi connectivity index (χ3v) is 5.86. The highest BCUT2D eigenvalue weighted by atomic mass is 35.5. The lowest BCUT2D eigenvalue weighted by atomic mass is 10.1. The number of piperazine rings is 1. The number of fused-ring (bicyclic) bond motifs is 1. The number of aromatic nitrogens is 2. The zero-order valence-electron chi connectivity index (χ0n) is 19.2. The Bertz CT molecular complexity index is 1300. The largest absolute Gasteiger partial charge is 0.494 e. The van der Waals surface area contributed by atoms with Gasteiger partial charge in [0.1, 0.15) is 23.7 Å². The number of halogens is 2. The second kappa shape index (κ2) is 10.7. The molecular weight excluding hydrogens is 475 g/mol. The number of likely N-dealkylation sites (N-methyl/N-ethyl adjacent to an activating group) is 1. The average Bonchev–Trinajstić information content (AvgIpc) is 2.83. The molecule has 0 spiro atoms. The molecule has 11 heteroatoms. The van der Waals surface area contributed by atoms with E-state index in [1.807, 2.05) is 4.90 Å². The molecule has 1 aliphatic rings. The van der Waals surface area contributed by atoms with Crippen molar-refractivity contribution in [2.24, 2.45) is 0 Å². The van der Waals surface area contributed by atoms with Gasteiger partial charge in [0, 0.05) is 49.9 Å². The van der Waals surface area contributed by atoms with Crippen molar-refractivity contribution in [2.45, 2.75) is 0 Å². The first kappa shape index (κ1) is 24.4. The summed E-state index contributed by atoms with van der Waals surface area (Å²) in [6, 6.07) is 7.64. The molecule has 2 amide bonds. The van der Waals surface area contributed by atoms with Crippen molar-refractivity contribution >= 4 is 51.5 Å². The van der Waals surface area contributed by atoms with Gasteiger partial charge >= 0.3 is 0 Å². The van der Waals surface area contributed by atoms with Crippen LogP contribution in [0.3, 0.4) is 0 Å².